The highest BCUT2D eigenvalue weighted by atomic mass is 16.5. The van der Waals surface area contributed by atoms with Gasteiger partial charge in [-0.25, -0.2) is 0 Å². The van der Waals surface area contributed by atoms with Crippen molar-refractivity contribution in [1.29, 1.82) is 0 Å². The minimum absolute atomic E-state index is 0.123. The van der Waals surface area contributed by atoms with Crippen LogP contribution in [0, 0.1) is 0 Å². The largest absolute Gasteiger partial charge is 0.494 e. The molecule has 0 spiro atoms. The van der Waals surface area contributed by atoms with Crippen LogP contribution in [0.25, 0.3) is 0 Å². The summed E-state index contributed by atoms with van der Waals surface area (Å²) in [4.78, 5) is 0. The zero-order chi connectivity index (χ0) is 13.2. The van der Waals surface area contributed by atoms with Gasteiger partial charge in [0.2, 0.25) is 0 Å². The van der Waals surface area contributed by atoms with E-state index < -0.39 is 0 Å². The summed E-state index contributed by atoms with van der Waals surface area (Å²) < 4.78 is 5.65. The van der Waals surface area contributed by atoms with E-state index in [4.69, 9.17) is 15.6 Å². The number of rotatable bonds is 9. The lowest BCUT2D eigenvalue weighted by Gasteiger charge is -2.10. The van der Waals surface area contributed by atoms with Crippen LogP contribution in [0.15, 0.2) is 24.3 Å². The molecule has 3 N–H and O–H groups in total. The molecule has 1 rings (SSSR count). The summed E-state index contributed by atoms with van der Waals surface area (Å²) in [6, 6.07) is 8.17. The van der Waals surface area contributed by atoms with Crippen molar-refractivity contribution in [2.24, 2.45) is 5.73 Å². The molecule has 1 atom stereocenters. The van der Waals surface area contributed by atoms with Gasteiger partial charge in [0.25, 0.3) is 0 Å². The highest BCUT2D eigenvalue weighted by Crippen LogP contribution is 2.18. The number of benzene rings is 1. The quantitative estimate of drug-likeness (QED) is 0.663. The third kappa shape index (κ3) is 5.52. The Morgan fingerprint density at radius 2 is 1.78 bits per heavy atom. The predicted octanol–water partition coefficient (Wildman–Crippen LogP) is 3.03. The molecule has 0 aliphatic carbocycles. The average Bonchev–Trinajstić information content (AvgIpc) is 2.42. The van der Waals surface area contributed by atoms with Crippen LogP contribution in [-0.4, -0.2) is 18.3 Å². The van der Waals surface area contributed by atoms with Crippen LogP contribution >= 0.6 is 0 Å². The maximum atomic E-state index is 8.65. The lowest BCUT2D eigenvalue weighted by atomic mass is 10.1. The number of aliphatic hydroxyl groups excluding tert-OH is 1. The maximum Gasteiger partial charge on any atom is 0.119 e. The van der Waals surface area contributed by atoms with E-state index in [0.717, 1.165) is 50.0 Å². The first-order valence-corrected chi connectivity index (χ1v) is 6.87. The lowest BCUT2D eigenvalue weighted by Crippen LogP contribution is -2.08. The molecule has 1 aromatic rings. The maximum absolute atomic E-state index is 8.65. The van der Waals surface area contributed by atoms with Crippen LogP contribution in [0.1, 0.15) is 50.6 Å². The Morgan fingerprint density at radius 1 is 1.11 bits per heavy atom. The molecule has 0 aromatic heterocycles. The molecule has 0 aliphatic heterocycles. The van der Waals surface area contributed by atoms with E-state index in [1.54, 1.807) is 0 Å². The van der Waals surface area contributed by atoms with Crippen LogP contribution in [0.2, 0.25) is 0 Å². The summed E-state index contributed by atoms with van der Waals surface area (Å²) in [5.41, 5.74) is 7.11. The Bertz CT molecular complexity index is 311. The second kappa shape index (κ2) is 8.95. The Kier molecular flexibility index (Phi) is 7.46. The first kappa shape index (κ1) is 15.0. The fourth-order valence-corrected chi connectivity index (χ4v) is 1.80. The molecule has 0 fully saturated rings. The highest BCUT2D eigenvalue weighted by molar-refractivity contribution is 5.28. The zero-order valence-corrected chi connectivity index (χ0v) is 11.3. The van der Waals surface area contributed by atoms with E-state index in [2.05, 4.69) is 6.92 Å². The van der Waals surface area contributed by atoms with E-state index in [0.29, 0.717) is 6.61 Å². The van der Waals surface area contributed by atoms with Gasteiger partial charge in [-0.05, 0) is 43.4 Å². The topological polar surface area (TPSA) is 55.5 Å². The van der Waals surface area contributed by atoms with Gasteiger partial charge < -0.3 is 15.6 Å². The van der Waals surface area contributed by atoms with E-state index in [1.165, 1.54) is 0 Å². The van der Waals surface area contributed by atoms with Gasteiger partial charge >= 0.3 is 0 Å². The Hall–Kier alpha value is -1.06. The van der Waals surface area contributed by atoms with Crippen LogP contribution in [0.4, 0.5) is 0 Å². The van der Waals surface area contributed by atoms with Crippen molar-refractivity contribution >= 4 is 0 Å². The summed E-state index contributed by atoms with van der Waals surface area (Å²) in [5, 5.41) is 8.65. The van der Waals surface area contributed by atoms with Crippen molar-refractivity contribution in [2.45, 2.75) is 45.1 Å². The summed E-state index contributed by atoms with van der Waals surface area (Å²) in [5.74, 6) is 0.907. The number of nitrogens with two attached hydrogens (primary N) is 1. The molecule has 102 valence electrons. The Balaban J connectivity index is 2.22. The SMILES string of the molecule is CC[C@H](N)c1ccc(OCCCCCCO)cc1. The fraction of sp³-hybridized carbons (Fsp3) is 0.600. The highest BCUT2D eigenvalue weighted by Gasteiger charge is 2.02. The van der Waals surface area contributed by atoms with Crippen molar-refractivity contribution in [1.82, 2.24) is 0 Å². The summed E-state index contributed by atoms with van der Waals surface area (Å²) >= 11 is 0. The number of unbranched alkanes of at least 4 members (excludes halogenated alkanes) is 3. The minimum Gasteiger partial charge on any atom is -0.494 e. The van der Waals surface area contributed by atoms with Gasteiger partial charge in [-0.15, -0.1) is 0 Å². The molecule has 1 aromatic carbocycles. The second-order valence-electron chi connectivity index (χ2n) is 4.57. The predicted molar refractivity (Wildman–Crippen MR) is 74.7 cm³/mol. The minimum atomic E-state index is 0.123. The third-order valence-corrected chi connectivity index (χ3v) is 3.07. The van der Waals surface area contributed by atoms with Crippen molar-refractivity contribution in [3.8, 4) is 5.75 Å². The molecule has 0 bridgehead atoms. The van der Waals surface area contributed by atoms with E-state index >= 15 is 0 Å². The Morgan fingerprint density at radius 3 is 2.39 bits per heavy atom. The lowest BCUT2D eigenvalue weighted by molar-refractivity contribution is 0.273. The molecular formula is C15H25NO2. The number of hydrogen-bond acceptors (Lipinski definition) is 3. The molecule has 0 unspecified atom stereocenters. The number of hydrogen-bond donors (Lipinski definition) is 2. The van der Waals surface area contributed by atoms with Crippen LogP contribution in [-0.2, 0) is 0 Å². The van der Waals surface area contributed by atoms with Crippen molar-refractivity contribution in [3.05, 3.63) is 29.8 Å². The van der Waals surface area contributed by atoms with E-state index in [-0.39, 0.29) is 6.04 Å². The summed E-state index contributed by atoms with van der Waals surface area (Å²) in [6.07, 6.45) is 5.06. The molecule has 0 radical (unpaired) electrons. The van der Waals surface area contributed by atoms with Gasteiger partial charge in [0.05, 0.1) is 6.61 Å². The van der Waals surface area contributed by atoms with E-state index in [9.17, 15) is 0 Å². The molecule has 3 nitrogen and oxygen atoms in total. The van der Waals surface area contributed by atoms with Crippen LogP contribution < -0.4 is 10.5 Å². The van der Waals surface area contributed by atoms with Gasteiger partial charge in [-0.3, -0.25) is 0 Å². The molecule has 0 aliphatic rings. The first-order valence-electron chi connectivity index (χ1n) is 6.87. The molecule has 3 heteroatoms. The van der Waals surface area contributed by atoms with Gasteiger partial charge in [-0.2, -0.15) is 0 Å². The van der Waals surface area contributed by atoms with Gasteiger partial charge in [0.1, 0.15) is 5.75 Å². The van der Waals surface area contributed by atoms with Crippen molar-refractivity contribution < 1.29 is 9.84 Å². The molecule has 18 heavy (non-hydrogen) atoms. The van der Waals surface area contributed by atoms with Gasteiger partial charge in [0, 0.05) is 12.6 Å². The molecule has 0 saturated heterocycles. The number of aliphatic hydroxyl groups is 1. The normalized spacial score (nSPS) is 12.4. The van der Waals surface area contributed by atoms with Crippen LogP contribution in [0.3, 0.4) is 0 Å². The molecule has 0 heterocycles. The summed E-state index contributed by atoms with van der Waals surface area (Å²) in [7, 11) is 0. The second-order valence-corrected chi connectivity index (χ2v) is 4.57. The smallest absolute Gasteiger partial charge is 0.119 e. The standard InChI is InChI=1S/C15H25NO2/c1-2-15(16)13-7-9-14(10-8-13)18-12-6-4-3-5-11-17/h7-10,15,17H,2-6,11-12,16H2,1H3/t15-/m0/s1. The molecule has 0 amide bonds. The van der Waals surface area contributed by atoms with Gasteiger partial charge in [-0.1, -0.05) is 25.5 Å². The monoisotopic (exact) mass is 251 g/mol. The van der Waals surface area contributed by atoms with Crippen molar-refractivity contribution in [2.75, 3.05) is 13.2 Å². The zero-order valence-electron chi connectivity index (χ0n) is 11.3. The van der Waals surface area contributed by atoms with Crippen molar-refractivity contribution in [3.63, 3.8) is 0 Å². The molecule has 0 saturated carbocycles. The third-order valence-electron chi connectivity index (χ3n) is 3.07. The van der Waals surface area contributed by atoms with E-state index in [1.807, 2.05) is 24.3 Å². The molecular weight excluding hydrogens is 226 g/mol. The van der Waals surface area contributed by atoms with Crippen LogP contribution in [0.5, 0.6) is 5.75 Å². The first-order chi connectivity index (χ1) is 8.77. The number of ether oxygens (including phenoxy) is 1. The summed E-state index contributed by atoms with van der Waals surface area (Å²) in [6.45, 7) is 3.12. The Labute approximate surface area is 110 Å². The average molecular weight is 251 g/mol. The van der Waals surface area contributed by atoms with Gasteiger partial charge in [0.15, 0.2) is 0 Å². The fourth-order valence-electron chi connectivity index (χ4n) is 1.80.